The van der Waals surface area contributed by atoms with Crippen molar-refractivity contribution in [1.82, 2.24) is 15.0 Å². The Morgan fingerprint density at radius 3 is 2.65 bits per heavy atom. The molecule has 4 aliphatic heterocycles. The third kappa shape index (κ3) is 2.86. The van der Waals surface area contributed by atoms with E-state index in [9.17, 15) is 0 Å². The van der Waals surface area contributed by atoms with Gasteiger partial charge in [0, 0.05) is 23.8 Å². The lowest BCUT2D eigenvalue weighted by Crippen LogP contribution is -2.69. The van der Waals surface area contributed by atoms with Crippen molar-refractivity contribution in [1.29, 1.82) is 0 Å². The van der Waals surface area contributed by atoms with Crippen LogP contribution >= 0.6 is 0 Å². The Balaban J connectivity index is 1.36. The highest BCUT2D eigenvalue weighted by Crippen LogP contribution is 2.61. The lowest BCUT2D eigenvalue weighted by molar-refractivity contribution is -0.574. The van der Waals surface area contributed by atoms with Gasteiger partial charge in [-0.2, -0.15) is 0 Å². The molecule has 7 nitrogen and oxygen atoms in total. The number of fused-ring (bicyclic) bond motifs is 2. The monoisotopic (exact) mass is 425 g/mol. The smallest absolute Gasteiger partial charge is 0.201 e. The van der Waals surface area contributed by atoms with E-state index in [2.05, 4.69) is 55.3 Å². The second kappa shape index (κ2) is 6.85. The fraction of sp³-hybridized carbons (Fsp3) is 0.667. The standard InChI is InChI=1S/C24H31N3O4/c1-14-5-8-17(9-6-14)20-13-27(26-25-20)21-16(3)19-10-7-15(2)18-11-12-23(4)29-22(28-21)24(18,19)31-30-23/h5-6,8-9,13,15-16,18-19,21-22H,7,10-12H2,1-4H3/t15-,16-,18+,19+,21?,22-,23-,24-/m1/s1. The maximum atomic E-state index is 6.64. The largest absolute Gasteiger partial charge is 0.324 e. The van der Waals surface area contributed by atoms with Crippen LogP contribution in [0.5, 0.6) is 0 Å². The van der Waals surface area contributed by atoms with E-state index >= 15 is 0 Å². The Labute approximate surface area is 182 Å². The fourth-order valence-corrected chi connectivity index (χ4v) is 6.45. The van der Waals surface area contributed by atoms with Crippen LogP contribution in [0.2, 0.25) is 0 Å². The van der Waals surface area contributed by atoms with Crippen molar-refractivity contribution in [3.63, 3.8) is 0 Å². The van der Waals surface area contributed by atoms with Gasteiger partial charge in [0.05, 0.1) is 6.20 Å². The Bertz CT molecular complexity index is 977. The van der Waals surface area contributed by atoms with Gasteiger partial charge in [-0.05, 0) is 44.9 Å². The third-order valence-electron chi connectivity index (χ3n) is 8.24. The van der Waals surface area contributed by atoms with E-state index < -0.39 is 17.7 Å². The molecule has 2 bridgehead atoms. The van der Waals surface area contributed by atoms with Gasteiger partial charge < -0.3 is 9.47 Å². The predicted octanol–water partition coefficient (Wildman–Crippen LogP) is 4.63. The summed E-state index contributed by atoms with van der Waals surface area (Å²) in [6.07, 6.45) is 5.36. The summed E-state index contributed by atoms with van der Waals surface area (Å²) in [6.45, 7) is 8.61. The first-order valence-corrected chi connectivity index (χ1v) is 11.6. The van der Waals surface area contributed by atoms with Gasteiger partial charge in [-0.3, -0.25) is 0 Å². The summed E-state index contributed by atoms with van der Waals surface area (Å²) in [5.41, 5.74) is 2.57. The second-order valence-corrected chi connectivity index (χ2v) is 10.2. The third-order valence-corrected chi connectivity index (χ3v) is 8.24. The minimum Gasteiger partial charge on any atom is -0.324 e. The molecular weight excluding hydrogens is 394 g/mol. The van der Waals surface area contributed by atoms with Crippen LogP contribution in [0.25, 0.3) is 11.3 Å². The van der Waals surface area contributed by atoms with Crippen LogP contribution in [-0.4, -0.2) is 32.7 Å². The first-order chi connectivity index (χ1) is 14.9. The molecule has 7 rings (SSSR count). The van der Waals surface area contributed by atoms with Crippen LogP contribution in [0, 0.1) is 30.6 Å². The Kier molecular flexibility index (Phi) is 4.39. The minimum absolute atomic E-state index is 0.188. The van der Waals surface area contributed by atoms with Crippen molar-refractivity contribution in [2.75, 3.05) is 0 Å². The summed E-state index contributed by atoms with van der Waals surface area (Å²) in [5.74, 6) is 0.611. The van der Waals surface area contributed by atoms with Gasteiger partial charge in [-0.15, -0.1) is 5.10 Å². The number of aromatic nitrogens is 3. The highest BCUT2D eigenvalue weighted by Gasteiger charge is 2.69. The fourth-order valence-electron chi connectivity index (χ4n) is 6.45. The maximum Gasteiger partial charge on any atom is 0.201 e. The molecular formula is C24H31N3O4. The van der Waals surface area contributed by atoms with Crippen LogP contribution in [0.15, 0.2) is 30.5 Å². The van der Waals surface area contributed by atoms with E-state index in [1.165, 1.54) is 12.0 Å². The molecule has 5 heterocycles. The molecule has 0 N–H and O–H groups in total. The molecule has 1 unspecified atom stereocenters. The summed E-state index contributed by atoms with van der Waals surface area (Å²) < 4.78 is 15.0. The highest BCUT2D eigenvalue weighted by atomic mass is 17.3. The topological polar surface area (TPSA) is 67.6 Å². The average molecular weight is 426 g/mol. The van der Waals surface area contributed by atoms with Crippen LogP contribution in [0.3, 0.4) is 0 Å². The van der Waals surface area contributed by atoms with Crippen molar-refractivity contribution in [3.8, 4) is 11.3 Å². The van der Waals surface area contributed by atoms with E-state index in [1.54, 1.807) is 0 Å². The number of aryl methyl sites for hydroxylation is 1. The Morgan fingerprint density at radius 2 is 1.84 bits per heavy atom. The normalized spacial score (nSPS) is 44.0. The molecule has 1 spiro atoms. The van der Waals surface area contributed by atoms with Crippen molar-refractivity contribution in [2.45, 2.75) is 77.3 Å². The molecule has 8 atom stereocenters. The predicted molar refractivity (Wildman–Crippen MR) is 112 cm³/mol. The second-order valence-electron chi connectivity index (χ2n) is 10.2. The zero-order chi connectivity index (χ0) is 21.4. The van der Waals surface area contributed by atoms with Gasteiger partial charge in [-0.1, -0.05) is 48.9 Å². The Morgan fingerprint density at radius 1 is 1.03 bits per heavy atom. The zero-order valence-corrected chi connectivity index (χ0v) is 18.7. The molecule has 2 aromatic rings. The van der Waals surface area contributed by atoms with E-state index in [0.717, 1.165) is 30.5 Å². The molecule has 1 aliphatic carbocycles. The van der Waals surface area contributed by atoms with Crippen LogP contribution in [0.4, 0.5) is 0 Å². The van der Waals surface area contributed by atoms with Crippen molar-refractivity contribution >= 4 is 0 Å². The molecule has 166 valence electrons. The van der Waals surface area contributed by atoms with E-state index in [1.807, 2.05) is 17.8 Å². The van der Waals surface area contributed by atoms with Gasteiger partial charge in [-0.25, -0.2) is 14.5 Å². The maximum absolute atomic E-state index is 6.64. The quantitative estimate of drug-likeness (QED) is 0.654. The Hall–Kier alpha value is -1.80. The van der Waals surface area contributed by atoms with Gasteiger partial charge in [0.15, 0.2) is 18.1 Å². The summed E-state index contributed by atoms with van der Waals surface area (Å²) in [5, 5.41) is 8.90. The number of benzene rings is 1. The molecule has 4 saturated heterocycles. The van der Waals surface area contributed by atoms with Gasteiger partial charge in [0.2, 0.25) is 5.79 Å². The number of hydrogen-bond acceptors (Lipinski definition) is 6. The molecule has 1 saturated carbocycles. The minimum atomic E-state index is -0.766. The first-order valence-electron chi connectivity index (χ1n) is 11.6. The molecule has 5 fully saturated rings. The molecule has 31 heavy (non-hydrogen) atoms. The first kappa shape index (κ1) is 19.9. The van der Waals surface area contributed by atoms with Crippen molar-refractivity contribution in [2.24, 2.45) is 23.7 Å². The SMILES string of the molecule is Cc1ccc(-c2cn(C3O[C@@H]4O[C@@]5(C)CC[C@H]6[C@H](C)CC[C@@H]([C@H]3C)[C@@]46OO5)nn2)cc1. The lowest BCUT2D eigenvalue weighted by atomic mass is 9.58. The molecule has 0 radical (unpaired) electrons. The molecule has 5 aliphatic rings. The zero-order valence-electron chi connectivity index (χ0n) is 18.7. The molecule has 7 heteroatoms. The summed E-state index contributed by atoms with van der Waals surface area (Å²) >= 11 is 0. The van der Waals surface area contributed by atoms with Gasteiger partial charge >= 0.3 is 0 Å². The number of nitrogens with zero attached hydrogens (tertiary/aromatic N) is 3. The van der Waals surface area contributed by atoms with Crippen LogP contribution < -0.4 is 0 Å². The summed E-state index contributed by atoms with van der Waals surface area (Å²) in [4.78, 5) is 12.1. The summed E-state index contributed by atoms with van der Waals surface area (Å²) in [6, 6.07) is 8.34. The summed E-state index contributed by atoms with van der Waals surface area (Å²) in [7, 11) is 0. The molecule has 1 aromatic heterocycles. The highest BCUT2D eigenvalue weighted by molar-refractivity contribution is 5.57. The van der Waals surface area contributed by atoms with Crippen molar-refractivity contribution < 1.29 is 19.2 Å². The van der Waals surface area contributed by atoms with E-state index in [4.69, 9.17) is 19.2 Å². The number of ether oxygens (including phenoxy) is 2. The van der Waals surface area contributed by atoms with Crippen LogP contribution in [-0.2, 0) is 19.2 Å². The number of rotatable bonds is 2. The average Bonchev–Trinajstić information content (AvgIpc) is 3.13. The molecule has 0 amide bonds. The molecule has 1 aromatic carbocycles. The number of hydrogen-bond donors (Lipinski definition) is 0. The van der Waals surface area contributed by atoms with Gasteiger partial charge in [0.1, 0.15) is 5.69 Å². The van der Waals surface area contributed by atoms with E-state index in [0.29, 0.717) is 11.8 Å². The van der Waals surface area contributed by atoms with E-state index in [-0.39, 0.29) is 18.1 Å². The van der Waals surface area contributed by atoms with Gasteiger partial charge in [0.25, 0.3) is 0 Å². The lowest BCUT2D eigenvalue weighted by Gasteiger charge is -2.60. The van der Waals surface area contributed by atoms with Crippen LogP contribution in [0.1, 0.15) is 58.2 Å². The van der Waals surface area contributed by atoms with Crippen molar-refractivity contribution in [3.05, 3.63) is 36.0 Å².